The molecule has 0 aliphatic carbocycles. The van der Waals surface area contributed by atoms with Gasteiger partial charge in [-0.3, -0.25) is 14.4 Å². The number of hydrazone groups is 1. The zero-order valence-electron chi connectivity index (χ0n) is 15.2. The van der Waals surface area contributed by atoms with Gasteiger partial charge in [-0.1, -0.05) is 32.0 Å². The van der Waals surface area contributed by atoms with Gasteiger partial charge < -0.3 is 0 Å². The van der Waals surface area contributed by atoms with E-state index in [4.69, 9.17) is 0 Å². The van der Waals surface area contributed by atoms with Crippen molar-refractivity contribution >= 4 is 28.9 Å². The van der Waals surface area contributed by atoms with Crippen molar-refractivity contribution in [3.8, 4) is 0 Å². The molecule has 0 bridgehead atoms. The Labute approximate surface area is 149 Å². The average Bonchev–Trinajstić information content (AvgIpc) is 2.89. The molecule has 1 heterocycles. The van der Waals surface area contributed by atoms with E-state index >= 15 is 0 Å². The van der Waals surface area contributed by atoms with Gasteiger partial charge in [-0.15, -0.1) is 0 Å². The van der Waals surface area contributed by atoms with Crippen LogP contribution in [-0.4, -0.2) is 23.2 Å². The molecule has 0 saturated heterocycles. The molecule has 0 spiro atoms. The first kappa shape index (κ1) is 19.0. The molecule has 0 unspecified atom stereocenters. The molecule has 0 atom stereocenters. The van der Waals surface area contributed by atoms with Crippen molar-refractivity contribution in [2.24, 2.45) is 10.5 Å². The number of carbonyl (C=O) groups is 3. The minimum absolute atomic E-state index is 0.125. The molecule has 1 aromatic carbocycles. The van der Waals surface area contributed by atoms with Crippen molar-refractivity contribution < 1.29 is 14.4 Å². The van der Waals surface area contributed by atoms with Crippen LogP contribution in [0.4, 0.5) is 5.69 Å². The standard InChI is InChI=1S/C20H26N2O3/c1-4-17(23)11-13-20(14-12-18(24)5-2)15(3)21-22(19(20)25)16-9-7-6-8-10-16/h6-10H,4-5,11-14H2,1-3H3. The van der Waals surface area contributed by atoms with Crippen molar-refractivity contribution in [2.45, 2.75) is 59.3 Å². The van der Waals surface area contributed by atoms with E-state index in [0.717, 1.165) is 0 Å². The Kier molecular flexibility index (Phi) is 6.23. The Balaban J connectivity index is 2.30. The summed E-state index contributed by atoms with van der Waals surface area (Å²) in [6.45, 7) is 5.47. The zero-order valence-corrected chi connectivity index (χ0v) is 15.2. The summed E-state index contributed by atoms with van der Waals surface area (Å²) in [6, 6.07) is 9.26. The van der Waals surface area contributed by atoms with Crippen LogP contribution < -0.4 is 5.01 Å². The number of hydrogen-bond donors (Lipinski definition) is 0. The number of anilines is 1. The van der Waals surface area contributed by atoms with Crippen LogP contribution >= 0.6 is 0 Å². The number of hydrogen-bond acceptors (Lipinski definition) is 4. The molecule has 5 heteroatoms. The van der Waals surface area contributed by atoms with Crippen LogP contribution in [-0.2, 0) is 14.4 Å². The predicted molar refractivity (Wildman–Crippen MR) is 98.5 cm³/mol. The molecule has 1 aliphatic rings. The summed E-state index contributed by atoms with van der Waals surface area (Å²) >= 11 is 0. The van der Waals surface area contributed by atoms with E-state index in [-0.39, 0.29) is 17.5 Å². The number of para-hydroxylation sites is 1. The molecule has 0 radical (unpaired) electrons. The number of amides is 1. The Bertz CT molecular complexity index is 659. The van der Waals surface area contributed by atoms with Gasteiger partial charge in [-0.05, 0) is 31.9 Å². The molecule has 0 fully saturated rings. The first-order valence-electron chi connectivity index (χ1n) is 8.93. The van der Waals surface area contributed by atoms with E-state index in [2.05, 4.69) is 5.10 Å². The monoisotopic (exact) mass is 342 g/mol. The van der Waals surface area contributed by atoms with Crippen LogP contribution in [0.1, 0.15) is 59.3 Å². The van der Waals surface area contributed by atoms with Gasteiger partial charge in [0, 0.05) is 25.7 Å². The van der Waals surface area contributed by atoms with Gasteiger partial charge in [0.15, 0.2) is 0 Å². The van der Waals surface area contributed by atoms with Gasteiger partial charge in [0.2, 0.25) is 0 Å². The van der Waals surface area contributed by atoms with Gasteiger partial charge in [0.1, 0.15) is 11.6 Å². The molecule has 0 aromatic heterocycles. The number of carbonyl (C=O) groups excluding carboxylic acids is 3. The molecule has 5 nitrogen and oxygen atoms in total. The predicted octanol–water partition coefficient (Wildman–Crippen LogP) is 3.91. The highest BCUT2D eigenvalue weighted by molar-refractivity contribution is 6.18. The van der Waals surface area contributed by atoms with Gasteiger partial charge in [-0.25, -0.2) is 0 Å². The van der Waals surface area contributed by atoms with Gasteiger partial charge >= 0.3 is 0 Å². The first-order valence-corrected chi connectivity index (χ1v) is 8.93. The maximum Gasteiger partial charge on any atom is 0.259 e. The Morgan fingerprint density at radius 2 is 1.52 bits per heavy atom. The summed E-state index contributed by atoms with van der Waals surface area (Å²) in [7, 11) is 0. The summed E-state index contributed by atoms with van der Waals surface area (Å²) in [5.74, 6) is 0.115. The number of benzene rings is 1. The molecular formula is C20H26N2O3. The number of Topliss-reactive ketones (excluding diaryl/α,β-unsaturated/α-hetero) is 2. The Hall–Kier alpha value is -2.30. The SMILES string of the molecule is CCC(=O)CCC1(CCC(=O)CC)C(=O)N(c2ccccc2)N=C1C. The summed E-state index contributed by atoms with van der Waals surface area (Å²) in [4.78, 5) is 36.9. The van der Waals surface area contributed by atoms with Crippen molar-refractivity contribution in [3.05, 3.63) is 30.3 Å². The fourth-order valence-corrected chi connectivity index (χ4v) is 3.15. The van der Waals surface area contributed by atoms with E-state index in [1.807, 2.05) is 51.1 Å². The van der Waals surface area contributed by atoms with Crippen LogP contribution in [0.5, 0.6) is 0 Å². The second-order valence-electron chi connectivity index (χ2n) is 6.50. The molecule has 1 aromatic rings. The largest absolute Gasteiger partial charge is 0.300 e. The first-order chi connectivity index (χ1) is 11.9. The Morgan fingerprint density at radius 1 is 1.00 bits per heavy atom. The lowest BCUT2D eigenvalue weighted by molar-refractivity contribution is -0.125. The normalized spacial score (nSPS) is 16.0. The van der Waals surface area contributed by atoms with E-state index in [1.54, 1.807) is 0 Å². The van der Waals surface area contributed by atoms with E-state index < -0.39 is 5.41 Å². The minimum Gasteiger partial charge on any atom is -0.300 e. The van der Waals surface area contributed by atoms with Gasteiger partial charge in [0.05, 0.1) is 16.8 Å². The lowest BCUT2D eigenvalue weighted by Gasteiger charge is -2.28. The minimum atomic E-state index is -0.856. The lowest BCUT2D eigenvalue weighted by atomic mass is 9.74. The summed E-state index contributed by atoms with van der Waals surface area (Å²) in [5, 5.41) is 5.90. The summed E-state index contributed by atoms with van der Waals surface area (Å²) < 4.78 is 0. The fraction of sp³-hybridized carbons (Fsp3) is 0.500. The molecule has 25 heavy (non-hydrogen) atoms. The van der Waals surface area contributed by atoms with Gasteiger partial charge in [-0.2, -0.15) is 10.1 Å². The fourth-order valence-electron chi connectivity index (χ4n) is 3.15. The highest BCUT2D eigenvalue weighted by Crippen LogP contribution is 2.40. The number of nitrogens with zero attached hydrogens (tertiary/aromatic N) is 2. The highest BCUT2D eigenvalue weighted by Gasteiger charge is 2.49. The van der Waals surface area contributed by atoms with Crippen molar-refractivity contribution in [1.29, 1.82) is 0 Å². The third-order valence-corrected chi connectivity index (χ3v) is 4.99. The van der Waals surface area contributed by atoms with Crippen molar-refractivity contribution in [2.75, 3.05) is 5.01 Å². The zero-order chi connectivity index (χ0) is 18.4. The number of ketones is 2. The van der Waals surface area contributed by atoms with Crippen molar-refractivity contribution in [3.63, 3.8) is 0 Å². The third kappa shape index (κ3) is 4.03. The van der Waals surface area contributed by atoms with Crippen LogP contribution in [0.15, 0.2) is 35.4 Å². The molecule has 134 valence electrons. The topological polar surface area (TPSA) is 66.8 Å². The summed E-state index contributed by atoms with van der Waals surface area (Å²) in [6.07, 6.45) is 2.39. The third-order valence-electron chi connectivity index (χ3n) is 4.99. The second-order valence-corrected chi connectivity index (χ2v) is 6.50. The lowest BCUT2D eigenvalue weighted by Crippen LogP contribution is -2.40. The van der Waals surface area contributed by atoms with E-state index in [1.165, 1.54) is 5.01 Å². The van der Waals surface area contributed by atoms with Crippen LogP contribution in [0.3, 0.4) is 0 Å². The molecule has 0 N–H and O–H groups in total. The van der Waals surface area contributed by atoms with E-state index in [0.29, 0.717) is 49.9 Å². The molecule has 2 rings (SSSR count). The second kappa shape index (κ2) is 8.19. The van der Waals surface area contributed by atoms with Crippen LogP contribution in [0.25, 0.3) is 0 Å². The molecule has 1 amide bonds. The van der Waals surface area contributed by atoms with Crippen molar-refractivity contribution in [1.82, 2.24) is 0 Å². The van der Waals surface area contributed by atoms with E-state index in [9.17, 15) is 14.4 Å². The molecule has 1 aliphatic heterocycles. The molecule has 0 saturated carbocycles. The van der Waals surface area contributed by atoms with Gasteiger partial charge in [0.25, 0.3) is 5.91 Å². The average molecular weight is 342 g/mol. The maximum absolute atomic E-state index is 13.2. The summed E-state index contributed by atoms with van der Waals surface area (Å²) in [5.41, 5.74) is 0.539. The van der Waals surface area contributed by atoms with Crippen LogP contribution in [0, 0.1) is 5.41 Å². The smallest absolute Gasteiger partial charge is 0.259 e. The quantitative estimate of drug-likeness (QED) is 0.683. The van der Waals surface area contributed by atoms with Crippen LogP contribution in [0.2, 0.25) is 0 Å². The number of rotatable bonds is 9. The maximum atomic E-state index is 13.2. The molecular weight excluding hydrogens is 316 g/mol. The highest BCUT2D eigenvalue weighted by atomic mass is 16.2. The Morgan fingerprint density at radius 3 is 2.00 bits per heavy atom.